The average Bonchev–Trinajstić information content (AvgIpc) is 2.91. The quantitative estimate of drug-likeness (QED) is 0.729. The van der Waals surface area contributed by atoms with Gasteiger partial charge in [0.15, 0.2) is 4.90 Å². The number of hydrogen-bond acceptors (Lipinski definition) is 5. The van der Waals surface area contributed by atoms with E-state index in [4.69, 9.17) is 0 Å². The first kappa shape index (κ1) is 20.5. The zero-order chi connectivity index (χ0) is 20.5. The molecule has 28 heavy (non-hydrogen) atoms. The van der Waals surface area contributed by atoms with Gasteiger partial charge >= 0.3 is 5.69 Å². The molecule has 1 aliphatic heterocycles. The molecule has 152 valence electrons. The van der Waals surface area contributed by atoms with E-state index in [0.717, 1.165) is 28.4 Å². The Bertz CT molecular complexity index is 1090. The van der Waals surface area contributed by atoms with Crippen molar-refractivity contribution in [2.45, 2.75) is 24.8 Å². The summed E-state index contributed by atoms with van der Waals surface area (Å²) >= 11 is 0. The van der Waals surface area contributed by atoms with E-state index in [9.17, 15) is 18.0 Å². The number of hydrogen-bond donors (Lipinski definition) is 0. The van der Waals surface area contributed by atoms with Gasteiger partial charge in [0.2, 0.25) is 10.0 Å². The maximum atomic E-state index is 13.1. The van der Waals surface area contributed by atoms with Crippen LogP contribution >= 0.6 is 0 Å². The van der Waals surface area contributed by atoms with Crippen molar-refractivity contribution in [1.82, 2.24) is 18.3 Å². The van der Waals surface area contributed by atoms with Gasteiger partial charge in [-0.2, -0.15) is 4.31 Å². The highest BCUT2D eigenvalue weighted by molar-refractivity contribution is 7.89. The summed E-state index contributed by atoms with van der Waals surface area (Å²) in [6, 6.07) is 8.16. The van der Waals surface area contributed by atoms with E-state index in [2.05, 4.69) is 24.0 Å². The monoisotopic (exact) mass is 406 g/mol. The number of aryl methyl sites for hydroxylation is 2. The van der Waals surface area contributed by atoms with Crippen molar-refractivity contribution in [3.8, 4) is 0 Å². The normalized spacial score (nSPS) is 16.8. The standard InChI is InChI=1S/C19H26N4O4S/c1-15-7-4-5-8-16(15)13-22-9-6-10-23(12-11-22)28(26,27)17-14-20(2)19(25)21(3)18(17)24/h4-5,7-8,14H,6,9-13H2,1-3H3. The molecule has 2 heterocycles. The predicted molar refractivity (Wildman–Crippen MR) is 107 cm³/mol. The molecule has 1 aliphatic rings. The molecule has 0 N–H and O–H groups in total. The van der Waals surface area contributed by atoms with Crippen LogP contribution in [0.2, 0.25) is 0 Å². The number of benzene rings is 1. The molecule has 0 bridgehead atoms. The van der Waals surface area contributed by atoms with E-state index in [0.29, 0.717) is 26.1 Å². The second kappa shape index (κ2) is 8.02. The molecule has 1 saturated heterocycles. The minimum absolute atomic E-state index is 0.306. The number of sulfonamides is 1. The van der Waals surface area contributed by atoms with E-state index >= 15 is 0 Å². The molecule has 8 nitrogen and oxygen atoms in total. The minimum atomic E-state index is -3.97. The number of nitrogens with zero attached hydrogens (tertiary/aromatic N) is 4. The van der Waals surface area contributed by atoms with Crippen molar-refractivity contribution >= 4 is 10.0 Å². The molecular weight excluding hydrogens is 380 g/mol. The highest BCUT2D eigenvalue weighted by Crippen LogP contribution is 2.17. The van der Waals surface area contributed by atoms with Crippen LogP contribution < -0.4 is 11.2 Å². The molecule has 0 aliphatic carbocycles. The van der Waals surface area contributed by atoms with Gasteiger partial charge in [-0.3, -0.25) is 14.3 Å². The summed E-state index contributed by atoms with van der Waals surface area (Å²) in [5.41, 5.74) is 1.10. The molecule has 0 saturated carbocycles. The van der Waals surface area contributed by atoms with Gasteiger partial charge in [-0.1, -0.05) is 24.3 Å². The van der Waals surface area contributed by atoms with Gasteiger partial charge in [-0.15, -0.1) is 0 Å². The number of aromatic nitrogens is 2. The Balaban J connectivity index is 1.81. The number of rotatable bonds is 4. The molecule has 3 rings (SSSR count). The van der Waals surface area contributed by atoms with Crippen LogP contribution in [0, 0.1) is 6.92 Å². The summed E-state index contributed by atoms with van der Waals surface area (Å²) in [6.45, 7) is 4.85. The first-order valence-corrected chi connectivity index (χ1v) is 10.7. The lowest BCUT2D eigenvalue weighted by Gasteiger charge is -2.22. The van der Waals surface area contributed by atoms with Crippen molar-refractivity contribution < 1.29 is 8.42 Å². The lowest BCUT2D eigenvalue weighted by Crippen LogP contribution is -2.43. The SMILES string of the molecule is Cc1ccccc1CN1CCCN(S(=O)(=O)c2cn(C)c(=O)n(C)c2=O)CC1. The Morgan fingerprint density at radius 3 is 2.43 bits per heavy atom. The van der Waals surface area contributed by atoms with Crippen LogP contribution in [0.3, 0.4) is 0 Å². The van der Waals surface area contributed by atoms with Crippen LogP contribution in [0.25, 0.3) is 0 Å². The smallest absolute Gasteiger partial charge is 0.302 e. The van der Waals surface area contributed by atoms with E-state index in [1.165, 1.54) is 29.5 Å². The summed E-state index contributed by atoms with van der Waals surface area (Å²) in [6.07, 6.45) is 1.80. The van der Waals surface area contributed by atoms with Gasteiger partial charge in [0.25, 0.3) is 5.56 Å². The van der Waals surface area contributed by atoms with Crippen LogP contribution in [0.1, 0.15) is 17.5 Å². The van der Waals surface area contributed by atoms with Crippen LogP contribution in [-0.2, 0) is 30.7 Å². The van der Waals surface area contributed by atoms with Crippen LogP contribution in [0.15, 0.2) is 44.9 Å². The fourth-order valence-electron chi connectivity index (χ4n) is 3.47. The zero-order valence-electron chi connectivity index (χ0n) is 16.5. The van der Waals surface area contributed by atoms with E-state index in [1.807, 2.05) is 12.1 Å². The molecule has 9 heteroatoms. The van der Waals surface area contributed by atoms with Crippen molar-refractivity contribution in [2.24, 2.45) is 14.1 Å². The van der Waals surface area contributed by atoms with Crippen molar-refractivity contribution in [3.05, 3.63) is 62.4 Å². The predicted octanol–water partition coefficient (Wildman–Crippen LogP) is 0.289. The lowest BCUT2D eigenvalue weighted by molar-refractivity contribution is 0.278. The molecule has 0 radical (unpaired) electrons. The molecule has 2 aromatic rings. The highest BCUT2D eigenvalue weighted by atomic mass is 32.2. The van der Waals surface area contributed by atoms with Gasteiger partial charge < -0.3 is 4.57 Å². The van der Waals surface area contributed by atoms with Gasteiger partial charge in [0.05, 0.1) is 0 Å². The van der Waals surface area contributed by atoms with Crippen molar-refractivity contribution in [1.29, 1.82) is 0 Å². The third kappa shape index (κ3) is 3.96. The molecule has 0 amide bonds. The summed E-state index contributed by atoms with van der Waals surface area (Å²) < 4.78 is 29.5. The third-order valence-corrected chi connectivity index (χ3v) is 7.12. The molecular formula is C19H26N4O4S. The van der Waals surface area contributed by atoms with Crippen LogP contribution in [-0.4, -0.2) is 52.9 Å². The molecule has 0 spiro atoms. The summed E-state index contributed by atoms with van der Waals surface area (Å²) in [5.74, 6) is 0. The Morgan fingerprint density at radius 1 is 1.00 bits per heavy atom. The van der Waals surface area contributed by atoms with Crippen molar-refractivity contribution in [3.63, 3.8) is 0 Å². The Labute approximate surface area is 164 Å². The molecule has 1 aromatic carbocycles. The topological polar surface area (TPSA) is 84.6 Å². The Hall–Kier alpha value is -2.23. The molecule has 1 fully saturated rings. The largest absolute Gasteiger partial charge is 0.330 e. The zero-order valence-corrected chi connectivity index (χ0v) is 17.3. The maximum Gasteiger partial charge on any atom is 0.330 e. The Kier molecular flexibility index (Phi) is 5.87. The maximum absolute atomic E-state index is 13.1. The van der Waals surface area contributed by atoms with Gasteiger partial charge in [-0.25, -0.2) is 13.2 Å². The fourth-order valence-corrected chi connectivity index (χ4v) is 5.08. The second-order valence-electron chi connectivity index (χ2n) is 7.21. The van der Waals surface area contributed by atoms with E-state index < -0.39 is 21.3 Å². The van der Waals surface area contributed by atoms with E-state index in [1.54, 1.807) is 0 Å². The lowest BCUT2D eigenvalue weighted by atomic mass is 10.1. The van der Waals surface area contributed by atoms with Crippen LogP contribution in [0.4, 0.5) is 0 Å². The summed E-state index contributed by atoms with van der Waals surface area (Å²) in [5, 5.41) is 0. The third-order valence-electron chi connectivity index (χ3n) is 5.24. The fraction of sp³-hybridized carbons (Fsp3) is 0.474. The van der Waals surface area contributed by atoms with Crippen LogP contribution in [0.5, 0.6) is 0 Å². The first-order chi connectivity index (χ1) is 13.2. The molecule has 0 atom stereocenters. The minimum Gasteiger partial charge on any atom is -0.302 e. The first-order valence-electron chi connectivity index (χ1n) is 9.25. The summed E-state index contributed by atoms with van der Waals surface area (Å²) in [7, 11) is -1.24. The molecule has 0 unspecified atom stereocenters. The van der Waals surface area contributed by atoms with Gasteiger partial charge in [-0.05, 0) is 31.0 Å². The highest BCUT2D eigenvalue weighted by Gasteiger charge is 2.30. The Morgan fingerprint density at radius 2 is 1.71 bits per heavy atom. The second-order valence-corrected chi connectivity index (χ2v) is 9.12. The summed E-state index contributed by atoms with van der Waals surface area (Å²) in [4.78, 5) is 26.1. The van der Waals surface area contributed by atoms with E-state index in [-0.39, 0.29) is 4.90 Å². The van der Waals surface area contributed by atoms with Gasteiger partial charge in [0.1, 0.15) is 0 Å². The molecule has 1 aromatic heterocycles. The van der Waals surface area contributed by atoms with Gasteiger partial charge in [0, 0.05) is 46.5 Å². The average molecular weight is 407 g/mol. The van der Waals surface area contributed by atoms with Crippen molar-refractivity contribution in [2.75, 3.05) is 26.2 Å².